The Labute approximate surface area is 299 Å². The lowest BCUT2D eigenvalue weighted by molar-refractivity contribution is 0.669. The molecule has 9 aromatic carbocycles. The van der Waals surface area contributed by atoms with E-state index in [0.717, 1.165) is 66.1 Å². The molecule has 11 rings (SSSR count). The number of fused-ring (bicyclic) bond motifs is 8. The molecular formula is C50H30O2. The van der Waals surface area contributed by atoms with Crippen LogP contribution in [0.4, 0.5) is 0 Å². The largest absolute Gasteiger partial charge is 0.455 e. The Morgan fingerprint density at radius 2 is 0.615 bits per heavy atom. The standard InChI is InChI=1S/C50H30O2/c1-3-13-47-43(7-1)45-11-5-9-41(49(45)51-47)32-17-15-31(16-18-32)33-19-20-35-28-36(22-21-34(35)27-33)37-23-24-39-30-40(26-25-38(39)29-37)42-10-6-12-46-44-8-2-4-14-48(44)52-50(42)46/h1-30H. The lowest BCUT2D eigenvalue weighted by Gasteiger charge is -2.10. The summed E-state index contributed by atoms with van der Waals surface area (Å²) in [6.07, 6.45) is 0. The van der Waals surface area contributed by atoms with Crippen molar-refractivity contribution in [3.8, 4) is 44.5 Å². The minimum Gasteiger partial charge on any atom is -0.455 e. The van der Waals surface area contributed by atoms with E-state index in [0.29, 0.717) is 0 Å². The molecule has 0 fully saturated rings. The van der Waals surface area contributed by atoms with Crippen LogP contribution in [0, 0.1) is 0 Å². The van der Waals surface area contributed by atoms with Gasteiger partial charge < -0.3 is 8.83 Å². The third-order valence-electron chi connectivity index (χ3n) is 10.7. The van der Waals surface area contributed by atoms with Gasteiger partial charge >= 0.3 is 0 Å². The van der Waals surface area contributed by atoms with Crippen molar-refractivity contribution < 1.29 is 8.83 Å². The minimum atomic E-state index is 0.921. The van der Waals surface area contributed by atoms with Crippen molar-refractivity contribution in [1.82, 2.24) is 0 Å². The summed E-state index contributed by atoms with van der Waals surface area (Å²) in [7, 11) is 0. The van der Waals surface area contributed by atoms with E-state index in [9.17, 15) is 0 Å². The van der Waals surface area contributed by atoms with E-state index in [1.165, 1.54) is 43.8 Å². The Balaban J connectivity index is 0.884. The summed E-state index contributed by atoms with van der Waals surface area (Å²) >= 11 is 0. The van der Waals surface area contributed by atoms with E-state index >= 15 is 0 Å². The molecule has 11 aromatic rings. The molecule has 0 saturated carbocycles. The molecule has 2 heterocycles. The molecule has 0 radical (unpaired) electrons. The molecule has 0 unspecified atom stereocenters. The lowest BCUT2D eigenvalue weighted by Crippen LogP contribution is -1.84. The van der Waals surface area contributed by atoms with Gasteiger partial charge in [0, 0.05) is 32.7 Å². The van der Waals surface area contributed by atoms with Crippen LogP contribution in [-0.4, -0.2) is 0 Å². The van der Waals surface area contributed by atoms with Crippen LogP contribution in [0.15, 0.2) is 191 Å². The van der Waals surface area contributed by atoms with Crippen molar-refractivity contribution in [3.05, 3.63) is 182 Å². The van der Waals surface area contributed by atoms with E-state index in [1.807, 2.05) is 24.3 Å². The van der Waals surface area contributed by atoms with Gasteiger partial charge in [0.1, 0.15) is 22.3 Å². The Morgan fingerprint density at radius 3 is 1.13 bits per heavy atom. The second kappa shape index (κ2) is 11.3. The van der Waals surface area contributed by atoms with Gasteiger partial charge in [-0.15, -0.1) is 0 Å². The SMILES string of the molecule is c1ccc2c(c1)oc1c(-c3ccc(-c4ccc5cc(-c6ccc7cc(-c8cccc9c8oc8ccccc89)ccc7c6)ccc5c4)cc3)cccc12. The summed E-state index contributed by atoms with van der Waals surface area (Å²) < 4.78 is 12.6. The molecule has 0 aliphatic carbocycles. The molecule has 2 aromatic heterocycles. The summed E-state index contributed by atoms with van der Waals surface area (Å²) in [4.78, 5) is 0. The van der Waals surface area contributed by atoms with Crippen LogP contribution >= 0.6 is 0 Å². The Bertz CT molecular complexity index is 3180. The highest BCUT2D eigenvalue weighted by Crippen LogP contribution is 2.39. The van der Waals surface area contributed by atoms with Gasteiger partial charge in [-0.3, -0.25) is 0 Å². The maximum absolute atomic E-state index is 6.33. The van der Waals surface area contributed by atoms with Crippen molar-refractivity contribution in [1.29, 1.82) is 0 Å². The fourth-order valence-corrected chi connectivity index (χ4v) is 7.99. The second-order valence-corrected chi connectivity index (χ2v) is 13.7. The summed E-state index contributed by atoms with van der Waals surface area (Å²) in [6.45, 7) is 0. The van der Waals surface area contributed by atoms with Crippen molar-refractivity contribution in [2.24, 2.45) is 0 Å². The van der Waals surface area contributed by atoms with Crippen LogP contribution in [0.3, 0.4) is 0 Å². The molecule has 2 heteroatoms. The number of benzene rings is 9. The highest BCUT2D eigenvalue weighted by atomic mass is 16.3. The maximum Gasteiger partial charge on any atom is 0.143 e. The molecule has 0 aliphatic rings. The Morgan fingerprint density at radius 1 is 0.250 bits per heavy atom. The highest BCUT2D eigenvalue weighted by Gasteiger charge is 2.14. The summed E-state index contributed by atoms with van der Waals surface area (Å²) in [5.74, 6) is 0. The van der Waals surface area contributed by atoms with Crippen molar-refractivity contribution in [2.75, 3.05) is 0 Å². The molecule has 242 valence electrons. The molecule has 0 amide bonds. The summed E-state index contributed by atoms with van der Waals surface area (Å²) in [6, 6.07) is 65.2. The smallest absolute Gasteiger partial charge is 0.143 e. The van der Waals surface area contributed by atoms with Gasteiger partial charge in [0.25, 0.3) is 0 Å². The van der Waals surface area contributed by atoms with Gasteiger partial charge in [0.05, 0.1) is 0 Å². The van der Waals surface area contributed by atoms with Gasteiger partial charge in [0.15, 0.2) is 0 Å². The first-order chi connectivity index (χ1) is 25.7. The second-order valence-electron chi connectivity index (χ2n) is 13.7. The molecule has 0 spiro atoms. The number of hydrogen-bond acceptors (Lipinski definition) is 2. The monoisotopic (exact) mass is 662 g/mol. The van der Waals surface area contributed by atoms with Gasteiger partial charge in [0.2, 0.25) is 0 Å². The number of furan rings is 2. The molecule has 52 heavy (non-hydrogen) atoms. The zero-order valence-electron chi connectivity index (χ0n) is 28.1. The Kier molecular flexibility index (Phi) is 6.28. The molecule has 0 atom stereocenters. The molecular weight excluding hydrogens is 633 g/mol. The topological polar surface area (TPSA) is 26.3 Å². The third kappa shape index (κ3) is 4.58. The first-order valence-corrected chi connectivity index (χ1v) is 17.7. The predicted octanol–water partition coefficient (Wildman–Crippen LogP) is 14.5. The van der Waals surface area contributed by atoms with Crippen LogP contribution in [0.25, 0.3) is 110 Å². The highest BCUT2D eigenvalue weighted by molar-refractivity contribution is 6.11. The number of para-hydroxylation sites is 4. The fraction of sp³-hybridized carbons (Fsp3) is 0. The number of hydrogen-bond donors (Lipinski definition) is 0. The minimum absolute atomic E-state index is 0.921. The van der Waals surface area contributed by atoms with E-state index in [-0.39, 0.29) is 0 Å². The van der Waals surface area contributed by atoms with Crippen molar-refractivity contribution in [2.45, 2.75) is 0 Å². The van der Waals surface area contributed by atoms with Crippen LogP contribution in [0.5, 0.6) is 0 Å². The Hall–Kier alpha value is -6.90. The van der Waals surface area contributed by atoms with Crippen LogP contribution < -0.4 is 0 Å². The number of rotatable bonds is 4. The van der Waals surface area contributed by atoms with Crippen molar-refractivity contribution in [3.63, 3.8) is 0 Å². The van der Waals surface area contributed by atoms with Gasteiger partial charge in [-0.25, -0.2) is 0 Å². The van der Waals surface area contributed by atoms with Gasteiger partial charge in [-0.2, -0.15) is 0 Å². The van der Waals surface area contributed by atoms with E-state index in [4.69, 9.17) is 8.83 Å². The predicted molar refractivity (Wildman–Crippen MR) is 218 cm³/mol. The first kappa shape index (κ1) is 28.9. The van der Waals surface area contributed by atoms with Crippen molar-refractivity contribution >= 4 is 65.4 Å². The quantitative estimate of drug-likeness (QED) is 0.187. The molecule has 2 nitrogen and oxygen atoms in total. The van der Waals surface area contributed by atoms with Gasteiger partial charge in [-0.1, -0.05) is 146 Å². The van der Waals surface area contributed by atoms with Gasteiger partial charge in [-0.05, 0) is 91.3 Å². The van der Waals surface area contributed by atoms with E-state index in [2.05, 4.69) is 158 Å². The first-order valence-electron chi connectivity index (χ1n) is 17.7. The van der Waals surface area contributed by atoms with Crippen LogP contribution in [-0.2, 0) is 0 Å². The lowest BCUT2D eigenvalue weighted by atomic mass is 9.94. The third-order valence-corrected chi connectivity index (χ3v) is 10.7. The van der Waals surface area contributed by atoms with Crippen LogP contribution in [0.1, 0.15) is 0 Å². The van der Waals surface area contributed by atoms with E-state index in [1.54, 1.807) is 0 Å². The molecule has 0 saturated heterocycles. The fourth-order valence-electron chi connectivity index (χ4n) is 7.99. The molecule has 0 bridgehead atoms. The average molecular weight is 663 g/mol. The summed E-state index contributed by atoms with van der Waals surface area (Å²) in [5, 5.41) is 9.48. The maximum atomic E-state index is 6.33. The zero-order chi connectivity index (χ0) is 34.2. The molecule has 0 N–H and O–H groups in total. The zero-order valence-corrected chi connectivity index (χ0v) is 28.1. The van der Waals surface area contributed by atoms with E-state index < -0.39 is 0 Å². The molecule has 0 aliphatic heterocycles. The normalized spacial score (nSPS) is 11.8. The average Bonchev–Trinajstić information content (AvgIpc) is 3.79. The van der Waals surface area contributed by atoms with Crippen LogP contribution in [0.2, 0.25) is 0 Å². The summed E-state index contributed by atoms with van der Waals surface area (Å²) in [5.41, 5.74) is 13.1.